The molecule has 0 radical (unpaired) electrons. The fourth-order valence-electron chi connectivity index (χ4n) is 7.70. The molecule has 1 fully saturated rings. The summed E-state index contributed by atoms with van der Waals surface area (Å²) in [7, 11) is 0. The van der Waals surface area contributed by atoms with Crippen LogP contribution in [0.25, 0.3) is 0 Å². The van der Waals surface area contributed by atoms with Crippen molar-refractivity contribution in [2.45, 2.75) is 106 Å². The number of hydrogen-bond acceptors (Lipinski definition) is 2. The third-order valence-corrected chi connectivity index (χ3v) is 10.2. The van der Waals surface area contributed by atoms with Crippen molar-refractivity contribution in [3.8, 4) is 0 Å². The van der Waals surface area contributed by atoms with Crippen LogP contribution in [-0.2, 0) is 9.53 Å². The van der Waals surface area contributed by atoms with E-state index in [2.05, 4.69) is 59.8 Å². The summed E-state index contributed by atoms with van der Waals surface area (Å²) >= 11 is 0. The van der Waals surface area contributed by atoms with E-state index in [4.69, 9.17) is 4.74 Å². The maximum Gasteiger partial charge on any atom is 0.302 e. The van der Waals surface area contributed by atoms with E-state index in [-0.39, 0.29) is 12.1 Å². The van der Waals surface area contributed by atoms with Gasteiger partial charge in [-0.05, 0) is 103 Å². The van der Waals surface area contributed by atoms with Crippen LogP contribution in [0.5, 0.6) is 0 Å². The molecule has 0 amide bonds. The molecule has 0 saturated heterocycles. The molecule has 2 heteroatoms. The third-order valence-electron chi connectivity index (χ3n) is 10.2. The van der Waals surface area contributed by atoms with Crippen LogP contribution in [0.2, 0.25) is 0 Å². The first-order valence-corrected chi connectivity index (χ1v) is 13.3. The topological polar surface area (TPSA) is 26.3 Å². The second kappa shape index (κ2) is 8.80. The average molecular weight is 439 g/mol. The van der Waals surface area contributed by atoms with Crippen molar-refractivity contribution in [3.63, 3.8) is 0 Å². The zero-order valence-electron chi connectivity index (χ0n) is 21.7. The first-order chi connectivity index (χ1) is 15.1. The standard InChI is InChI=1S/C30H46O2/c1-19(2)20(3)8-9-21(4)26-12-13-27-25-11-10-23-18-24(32-22(5)31)14-16-29(23,6)28(25)15-17-30(26,27)7/h8-9,13,19-21,23-24,26H,10-12,14-18H2,1-7H3/t20-,21+,23?,24?,26+,29-,30+/m0/s1. The highest BCUT2D eigenvalue weighted by Gasteiger charge is 2.53. The Morgan fingerprint density at radius 1 is 1.06 bits per heavy atom. The van der Waals surface area contributed by atoms with Crippen LogP contribution in [0.3, 0.4) is 0 Å². The van der Waals surface area contributed by atoms with Gasteiger partial charge in [-0.15, -0.1) is 0 Å². The van der Waals surface area contributed by atoms with E-state index in [1.165, 1.54) is 38.5 Å². The minimum Gasteiger partial charge on any atom is -0.463 e. The van der Waals surface area contributed by atoms with Crippen molar-refractivity contribution >= 4 is 5.97 Å². The van der Waals surface area contributed by atoms with Crippen LogP contribution in [0.1, 0.15) is 99.8 Å². The van der Waals surface area contributed by atoms with E-state index in [0.717, 1.165) is 18.8 Å². The molecule has 178 valence electrons. The summed E-state index contributed by atoms with van der Waals surface area (Å²) < 4.78 is 5.63. The average Bonchev–Trinajstić information content (AvgIpc) is 3.08. The van der Waals surface area contributed by atoms with Gasteiger partial charge in [-0.2, -0.15) is 0 Å². The molecular formula is C30H46O2. The SMILES string of the molecule is CC(=O)OC1CC[C@]2(C)C3=C(CCC2C1)C1=CC[C@H]([C@H](C)C=C[C@H](C)C(C)C)[C@@]1(C)CC3. The molecule has 1 saturated carbocycles. The number of rotatable bonds is 5. The number of carbonyl (C=O) groups excluding carboxylic acids is 1. The van der Waals surface area contributed by atoms with E-state index >= 15 is 0 Å². The van der Waals surface area contributed by atoms with Gasteiger partial charge < -0.3 is 4.74 Å². The Labute approximate surface area is 197 Å². The minimum atomic E-state index is -0.115. The number of carbonyl (C=O) groups is 1. The summed E-state index contributed by atoms with van der Waals surface area (Å²) in [4.78, 5) is 11.5. The lowest BCUT2D eigenvalue weighted by molar-refractivity contribution is -0.150. The highest BCUT2D eigenvalue weighted by molar-refractivity contribution is 5.66. The predicted octanol–water partition coefficient (Wildman–Crippen LogP) is 8.05. The van der Waals surface area contributed by atoms with Crippen molar-refractivity contribution in [2.75, 3.05) is 0 Å². The van der Waals surface area contributed by atoms with Gasteiger partial charge >= 0.3 is 5.97 Å². The smallest absolute Gasteiger partial charge is 0.302 e. The highest BCUT2D eigenvalue weighted by atomic mass is 16.5. The molecule has 0 aromatic carbocycles. The fraction of sp³-hybridized carbons (Fsp3) is 0.767. The van der Waals surface area contributed by atoms with Gasteiger partial charge in [-0.25, -0.2) is 0 Å². The molecule has 0 N–H and O–H groups in total. The molecule has 7 atom stereocenters. The van der Waals surface area contributed by atoms with Crippen molar-refractivity contribution in [2.24, 2.45) is 40.4 Å². The van der Waals surface area contributed by atoms with Crippen LogP contribution in [0.4, 0.5) is 0 Å². The zero-order valence-corrected chi connectivity index (χ0v) is 21.7. The molecule has 2 unspecified atom stereocenters. The predicted molar refractivity (Wildman–Crippen MR) is 133 cm³/mol. The molecule has 32 heavy (non-hydrogen) atoms. The Morgan fingerprint density at radius 2 is 1.81 bits per heavy atom. The summed E-state index contributed by atoms with van der Waals surface area (Å²) in [5, 5.41) is 0. The molecule has 4 aliphatic carbocycles. The maximum absolute atomic E-state index is 11.5. The van der Waals surface area contributed by atoms with E-state index in [1.54, 1.807) is 23.6 Å². The van der Waals surface area contributed by atoms with Crippen molar-refractivity contribution in [1.29, 1.82) is 0 Å². The molecule has 2 nitrogen and oxygen atoms in total. The Hall–Kier alpha value is -1.31. The molecule has 0 aliphatic heterocycles. The zero-order chi connectivity index (χ0) is 23.3. The number of esters is 1. The Bertz CT molecular complexity index is 830. The largest absolute Gasteiger partial charge is 0.463 e. The van der Waals surface area contributed by atoms with E-state index < -0.39 is 0 Å². The summed E-state index contributed by atoms with van der Waals surface area (Å²) in [5.74, 6) is 3.27. The lowest BCUT2D eigenvalue weighted by Crippen LogP contribution is -2.44. The van der Waals surface area contributed by atoms with Crippen LogP contribution in [-0.4, -0.2) is 12.1 Å². The van der Waals surface area contributed by atoms with Crippen molar-refractivity contribution in [3.05, 3.63) is 34.9 Å². The summed E-state index contributed by atoms with van der Waals surface area (Å²) in [6.45, 7) is 16.1. The maximum atomic E-state index is 11.5. The molecule has 0 spiro atoms. The molecule has 0 aromatic heterocycles. The van der Waals surface area contributed by atoms with E-state index in [0.29, 0.717) is 34.5 Å². The molecule has 4 rings (SSSR count). The van der Waals surface area contributed by atoms with Crippen LogP contribution in [0, 0.1) is 40.4 Å². The number of ether oxygens (including phenoxy) is 1. The van der Waals surface area contributed by atoms with Gasteiger partial charge in [0.05, 0.1) is 0 Å². The van der Waals surface area contributed by atoms with Gasteiger partial charge in [0.2, 0.25) is 0 Å². The fourth-order valence-corrected chi connectivity index (χ4v) is 7.70. The summed E-state index contributed by atoms with van der Waals surface area (Å²) in [6.07, 6.45) is 17.3. The van der Waals surface area contributed by atoms with Crippen LogP contribution < -0.4 is 0 Å². The second-order valence-corrected chi connectivity index (χ2v) is 12.3. The molecular weight excluding hydrogens is 392 g/mol. The van der Waals surface area contributed by atoms with Gasteiger partial charge in [0.25, 0.3) is 0 Å². The summed E-state index contributed by atoms with van der Waals surface area (Å²) in [6, 6.07) is 0. The van der Waals surface area contributed by atoms with Crippen LogP contribution >= 0.6 is 0 Å². The highest BCUT2D eigenvalue weighted by Crippen LogP contribution is 2.64. The van der Waals surface area contributed by atoms with Gasteiger partial charge in [0.1, 0.15) is 6.10 Å². The Balaban J connectivity index is 1.54. The van der Waals surface area contributed by atoms with Crippen LogP contribution in [0.15, 0.2) is 34.9 Å². The van der Waals surface area contributed by atoms with Gasteiger partial charge in [0.15, 0.2) is 0 Å². The summed E-state index contributed by atoms with van der Waals surface area (Å²) in [5.41, 5.74) is 5.86. The Kier molecular flexibility index (Phi) is 6.56. The lowest BCUT2D eigenvalue weighted by atomic mass is 9.51. The first-order valence-electron chi connectivity index (χ1n) is 13.3. The first kappa shape index (κ1) is 23.8. The lowest BCUT2D eigenvalue weighted by Gasteiger charge is -2.54. The second-order valence-electron chi connectivity index (χ2n) is 12.3. The van der Waals surface area contributed by atoms with Gasteiger partial charge in [-0.3, -0.25) is 4.79 Å². The monoisotopic (exact) mass is 438 g/mol. The van der Waals surface area contributed by atoms with Gasteiger partial charge in [-0.1, -0.05) is 65.3 Å². The van der Waals surface area contributed by atoms with Gasteiger partial charge in [0, 0.05) is 6.92 Å². The van der Waals surface area contributed by atoms with E-state index in [9.17, 15) is 4.79 Å². The number of hydrogen-bond donors (Lipinski definition) is 0. The molecule has 0 aromatic rings. The van der Waals surface area contributed by atoms with Crippen molar-refractivity contribution in [1.82, 2.24) is 0 Å². The van der Waals surface area contributed by atoms with Crippen molar-refractivity contribution < 1.29 is 9.53 Å². The Morgan fingerprint density at radius 3 is 2.50 bits per heavy atom. The molecule has 4 aliphatic rings. The minimum absolute atomic E-state index is 0.115. The van der Waals surface area contributed by atoms with E-state index in [1.807, 2.05) is 0 Å². The normalized spacial score (nSPS) is 38.8. The molecule has 0 bridgehead atoms. The number of fused-ring (bicyclic) bond motifs is 4. The number of allylic oxidation sites excluding steroid dienone is 6. The molecule has 0 heterocycles. The quantitative estimate of drug-likeness (QED) is 0.320. The third kappa shape index (κ3) is 4.05.